The van der Waals surface area contributed by atoms with Crippen LogP contribution >= 0.6 is 0 Å². The van der Waals surface area contributed by atoms with Crippen LogP contribution in [0.4, 0.5) is 0 Å². The lowest BCUT2D eigenvalue weighted by Gasteiger charge is -2.52. The van der Waals surface area contributed by atoms with Crippen LogP contribution < -0.4 is 5.73 Å². The lowest BCUT2D eigenvalue weighted by atomic mass is 9.61. The minimum absolute atomic E-state index is 0.378. The van der Waals surface area contributed by atoms with Gasteiger partial charge in [0.15, 0.2) is 0 Å². The Morgan fingerprint density at radius 3 is 2.56 bits per heavy atom. The molecule has 0 amide bonds. The van der Waals surface area contributed by atoms with Crippen LogP contribution in [-0.4, -0.2) is 18.8 Å². The number of ether oxygens (including phenoxy) is 1. The van der Waals surface area contributed by atoms with E-state index in [0.29, 0.717) is 17.6 Å². The summed E-state index contributed by atoms with van der Waals surface area (Å²) in [5, 5.41) is 0. The van der Waals surface area contributed by atoms with Gasteiger partial charge < -0.3 is 10.5 Å². The standard InChI is InChI=1S/C16H31NO/c1-3-5-8-13(4-2)12-18-15-11-14(17)16(15)9-6-7-10-16/h13-15H,3-12,17H2,1-2H3. The van der Waals surface area contributed by atoms with Gasteiger partial charge in [-0.15, -0.1) is 0 Å². The van der Waals surface area contributed by atoms with Crippen LogP contribution in [0.3, 0.4) is 0 Å². The third-order valence-electron chi connectivity index (χ3n) is 5.46. The summed E-state index contributed by atoms with van der Waals surface area (Å²) in [4.78, 5) is 0. The van der Waals surface area contributed by atoms with Crippen molar-refractivity contribution in [3.05, 3.63) is 0 Å². The normalized spacial score (nSPS) is 31.5. The highest BCUT2D eigenvalue weighted by Crippen LogP contribution is 2.53. The van der Waals surface area contributed by atoms with Crippen LogP contribution in [0.5, 0.6) is 0 Å². The Kier molecular flexibility index (Phi) is 5.08. The molecule has 2 aliphatic rings. The molecule has 0 heterocycles. The van der Waals surface area contributed by atoms with Gasteiger partial charge in [-0.3, -0.25) is 0 Å². The fourth-order valence-corrected chi connectivity index (χ4v) is 3.89. The molecule has 18 heavy (non-hydrogen) atoms. The van der Waals surface area contributed by atoms with Crippen molar-refractivity contribution in [2.75, 3.05) is 6.61 Å². The topological polar surface area (TPSA) is 35.2 Å². The summed E-state index contributed by atoms with van der Waals surface area (Å²) in [6, 6.07) is 0.417. The molecule has 2 aliphatic carbocycles. The average molecular weight is 253 g/mol. The van der Waals surface area contributed by atoms with Gasteiger partial charge in [-0.05, 0) is 31.6 Å². The lowest BCUT2D eigenvalue weighted by Crippen LogP contribution is -2.61. The highest BCUT2D eigenvalue weighted by molar-refractivity contribution is 5.08. The van der Waals surface area contributed by atoms with Crippen LogP contribution in [-0.2, 0) is 4.74 Å². The first-order chi connectivity index (χ1) is 8.73. The monoisotopic (exact) mass is 253 g/mol. The SMILES string of the molecule is CCCCC(CC)COC1CC(N)C12CCCC2. The molecule has 3 unspecified atom stereocenters. The van der Waals surface area contributed by atoms with Crippen molar-refractivity contribution in [2.45, 2.75) is 83.8 Å². The van der Waals surface area contributed by atoms with Crippen molar-refractivity contribution in [1.82, 2.24) is 0 Å². The van der Waals surface area contributed by atoms with Crippen LogP contribution in [0.25, 0.3) is 0 Å². The molecule has 2 saturated carbocycles. The Balaban J connectivity index is 1.76. The fraction of sp³-hybridized carbons (Fsp3) is 1.00. The van der Waals surface area contributed by atoms with Gasteiger partial charge in [0.2, 0.25) is 0 Å². The van der Waals surface area contributed by atoms with Crippen LogP contribution in [0, 0.1) is 11.3 Å². The first kappa shape index (κ1) is 14.3. The average Bonchev–Trinajstić information content (AvgIpc) is 2.90. The van der Waals surface area contributed by atoms with E-state index >= 15 is 0 Å². The number of nitrogens with two attached hydrogens (primary N) is 1. The summed E-state index contributed by atoms with van der Waals surface area (Å²) >= 11 is 0. The molecule has 2 fully saturated rings. The van der Waals surface area contributed by atoms with E-state index in [9.17, 15) is 0 Å². The van der Waals surface area contributed by atoms with Crippen molar-refractivity contribution in [2.24, 2.45) is 17.1 Å². The molecule has 0 aromatic heterocycles. The Bertz CT molecular complexity index is 247. The molecule has 1 spiro atoms. The zero-order valence-corrected chi connectivity index (χ0v) is 12.3. The predicted octanol–water partition coefficient (Wildman–Crippen LogP) is 3.88. The molecule has 0 aromatic rings. The smallest absolute Gasteiger partial charge is 0.0661 e. The van der Waals surface area contributed by atoms with E-state index in [1.165, 1.54) is 51.4 Å². The zero-order chi connectivity index (χ0) is 13.0. The maximum absolute atomic E-state index is 6.26. The highest BCUT2D eigenvalue weighted by Gasteiger charge is 2.55. The molecule has 2 N–H and O–H groups in total. The summed E-state index contributed by atoms with van der Waals surface area (Å²) in [7, 11) is 0. The van der Waals surface area contributed by atoms with E-state index in [4.69, 9.17) is 10.5 Å². The van der Waals surface area contributed by atoms with Crippen molar-refractivity contribution in [3.63, 3.8) is 0 Å². The Hall–Kier alpha value is -0.0800. The van der Waals surface area contributed by atoms with Gasteiger partial charge in [0.05, 0.1) is 6.10 Å². The molecule has 2 heteroatoms. The summed E-state index contributed by atoms with van der Waals surface area (Å²) in [6.07, 6.45) is 12.2. The van der Waals surface area contributed by atoms with Crippen molar-refractivity contribution < 1.29 is 4.74 Å². The van der Waals surface area contributed by atoms with Gasteiger partial charge in [0.1, 0.15) is 0 Å². The summed E-state index contributed by atoms with van der Waals surface area (Å²) in [5.41, 5.74) is 6.63. The summed E-state index contributed by atoms with van der Waals surface area (Å²) < 4.78 is 6.26. The van der Waals surface area contributed by atoms with Gasteiger partial charge >= 0.3 is 0 Å². The van der Waals surface area contributed by atoms with Crippen LogP contribution in [0.2, 0.25) is 0 Å². The van der Waals surface area contributed by atoms with Crippen molar-refractivity contribution in [3.8, 4) is 0 Å². The molecule has 0 radical (unpaired) electrons. The second-order valence-corrected chi connectivity index (χ2v) is 6.52. The number of rotatable bonds is 7. The van der Waals surface area contributed by atoms with Gasteiger partial charge in [0, 0.05) is 18.1 Å². The maximum atomic E-state index is 6.26. The van der Waals surface area contributed by atoms with Gasteiger partial charge in [0.25, 0.3) is 0 Å². The van der Waals surface area contributed by atoms with E-state index in [1.54, 1.807) is 0 Å². The molecule has 0 bridgehead atoms. The zero-order valence-electron chi connectivity index (χ0n) is 12.3. The molecule has 106 valence electrons. The van der Waals surface area contributed by atoms with E-state index in [-0.39, 0.29) is 0 Å². The van der Waals surface area contributed by atoms with Gasteiger partial charge in [-0.1, -0.05) is 46.0 Å². The third kappa shape index (κ3) is 2.75. The number of hydrogen-bond donors (Lipinski definition) is 1. The van der Waals surface area contributed by atoms with E-state index < -0.39 is 0 Å². The second-order valence-electron chi connectivity index (χ2n) is 6.52. The largest absolute Gasteiger partial charge is 0.377 e. The molecular formula is C16H31NO. The molecule has 0 aromatic carbocycles. The molecule has 0 aliphatic heterocycles. The minimum atomic E-state index is 0.378. The fourth-order valence-electron chi connectivity index (χ4n) is 3.89. The molecule has 2 nitrogen and oxygen atoms in total. The summed E-state index contributed by atoms with van der Waals surface area (Å²) in [6.45, 7) is 5.53. The van der Waals surface area contributed by atoms with Crippen molar-refractivity contribution in [1.29, 1.82) is 0 Å². The predicted molar refractivity (Wildman–Crippen MR) is 76.5 cm³/mol. The quantitative estimate of drug-likeness (QED) is 0.747. The Morgan fingerprint density at radius 1 is 1.28 bits per heavy atom. The first-order valence-electron chi connectivity index (χ1n) is 8.10. The third-order valence-corrected chi connectivity index (χ3v) is 5.46. The van der Waals surface area contributed by atoms with E-state index in [2.05, 4.69) is 13.8 Å². The number of hydrogen-bond acceptors (Lipinski definition) is 2. The Morgan fingerprint density at radius 2 is 2.00 bits per heavy atom. The lowest BCUT2D eigenvalue weighted by molar-refractivity contribution is -0.132. The van der Waals surface area contributed by atoms with Crippen molar-refractivity contribution >= 4 is 0 Å². The van der Waals surface area contributed by atoms with E-state index in [0.717, 1.165) is 18.9 Å². The van der Waals surface area contributed by atoms with E-state index in [1.807, 2.05) is 0 Å². The van der Waals surface area contributed by atoms with Gasteiger partial charge in [-0.25, -0.2) is 0 Å². The van der Waals surface area contributed by atoms with Crippen LogP contribution in [0.15, 0.2) is 0 Å². The maximum Gasteiger partial charge on any atom is 0.0661 e. The molecule has 2 rings (SSSR count). The first-order valence-corrected chi connectivity index (χ1v) is 8.10. The Labute approximate surface area is 113 Å². The molecule has 3 atom stereocenters. The van der Waals surface area contributed by atoms with Gasteiger partial charge in [-0.2, -0.15) is 0 Å². The molecular weight excluding hydrogens is 222 g/mol. The molecule has 0 saturated heterocycles. The number of unbranched alkanes of at least 4 members (excludes halogenated alkanes) is 1. The highest BCUT2D eigenvalue weighted by atomic mass is 16.5. The summed E-state index contributed by atoms with van der Waals surface area (Å²) in [5.74, 6) is 0.764. The van der Waals surface area contributed by atoms with Crippen LogP contribution in [0.1, 0.15) is 71.6 Å². The minimum Gasteiger partial charge on any atom is -0.377 e. The second kappa shape index (κ2) is 6.38.